The fraction of sp³-hybridized carbons (Fsp3) is 1.00. The van der Waals surface area contributed by atoms with Crippen molar-refractivity contribution in [2.24, 2.45) is 11.8 Å². The van der Waals surface area contributed by atoms with Gasteiger partial charge in [-0.15, -0.1) is 0 Å². The van der Waals surface area contributed by atoms with E-state index in [1.165, 1.54) is 38.6 Å². The first-order chi connectivity index (χ1) is 8.10. The van der Waals surface area contributed by atoms with Crippen molar-refractivity contribution in [3.63, 3.8) is 0 Å². The summed E-state index contributed by atoms with van der Waals surface area (Å²) in [4.78, 5) is 2.61. The van der Waals surface area contributed by atoms with Crippen LogP contribution in [0.4, 0.5) is 0 Å². The van der Waals surface area contributed by atoms with E-state index in [2.05, 4.69) is 45.1 Å². The van der Waals surface area contributed by atoms with Crippen LogP contribution in [0.5, 0.6) is 0 Å². The SMILES string of the molecule is CCC(C)C(CN(C)C1CCCCC1C)NC. The Balaban J connectivity index is 2.47. The second-order valence-corrected chi connectivity index (χ2v) is 6.05. The van der Waals surface area contributed by atoms with Gasteiger partial charge in [-0.25, -0.2) is 0 Å². The first kappa shape index (κ1) is 15.0. The van der Waals surface area contributed by atoms with E-state index in [9.17, 15) is 0 Å². The van der Waals surface area contributed by atoms with Crippen LogP contribution in [0, 0.1) is 11.8 Å². The van der Waals surface area contributed by atoms with Gasteiger partial charge in [0.25, 0.3) is 0 Å². The van der Waals surface area contributed by atoms with Gasteiger partial charge in [-0.2, -0.15) is 0 Å². The second kappa shape index (κ2) is 7.38. The van der Waals surface area contributed by atoms with Gasteiger partial charge in [0, 0.05) is 18.6 Å². The topological polar surface area (TPSA) is 15.3 Å². The fourth-order valence-corrected chi connectivity index (χ4v) is 3.24. The average molecular weight is 240 g/mol. The zero-order valence-electron chi connectivity index (χ0n) is 12.5. The van der Waals surface area contributed by atoms with Crippen LogP contribution in [0.15, 0.2) is 0 Å². The summed E-state index contributed by atoms with van der Waals surface area (Å²) in [6, 6.07) is 1.45. The molecule has 17 heavy (non-hydrogen) atoms. The summed E-state index contributed by atoms with van der Waals surface area (Å²) in [5.41, 5.74) is 0. The molecule has 0 spiro atoms. The number of hydrogen-bond acceptors (Lipinski definition) is 2. The average Bonchev–Trinajstić information content (AvgIpc) is 2.35. The highest BCUT2D eigenvalue weighted by Gasteiger charge is 2.27. The van der Waals surface area contributed by atoms with Crippen molar-refractivity contribution in [2.45, 2.75) is 65.0 Å². The molecule has 1 saturated carbocycles. The smallest absolute Gasteiger partial charge is 0.0217 e. The van der Waals surface area contributed by atoms with Gasteiger partial charge < -0.3 is 10.2 Å². The lowest BCUT2D eigenvalue weighted by Gasteiger charge is -2.39. The third kappa shape index (κ3) is 4.26. The third-order valence-electron chi connectivity index (χ3n) is 4.82. The number of nitrogens with one attached hydrogen (secondary N) is 1. The van der Waals surface area contributed by atoms with Gasteiger partial charge in [-0.3, -0.25) is 0 Å². The van der Waals surface area contributed by atoms with Crippen molar-refractivity contribution >= 4 is 0 Å². The molecule has 1 aliphatic carbocycles. The van der Waals surface area contributed by atoms with Crippen LogP contribution in [0.2, 0.25) is 0 Å². The first-order valence-electron chi connectivity index (χ1n) is 7.47. The summed E-state index contributed by atoms with van der Waals surface area (Å²) < 4.78 is 0. The molecule has 0 radical (unpaired) electrons. The molecule has 1 rings (SSSR count). The van der Waals surface area contributed by atoms with E-state index in [-0.39, 0.29) is 0 Å². The maximum atomic E-state index is 3.50. The Labute approximate surface area is 108 Å². The van der Waals surface area contributed by atoms with E-state index < -0.39 is 0 Å². The van der Waals surface area contributed by atoms with Gasteiger partial charge in [0.2, 0.25) is 0 Å². The van der Waals surface area contributed by atoms with E-state index in [1.807, 2.05) is 0 Å². The summed E-state index contributed by atoms with van der Waals surface area (Å²) in [5, 5.41) is 3.50. The lowest BCUT2D eigenvalue weighted by atomic mass is 9.84. The van der Waals surface area contributed by atoms with Crippen molar-refractivity contribution in [3.8, 4) is 0 Å². The largest absolute Gasteiger partial charge is 0.315 e. The zero-order valence-corrected chi connectivity index (χ0v) is 12.5. The normalized spacial score (nSPS) is 29.3. The molecule has 1 aliphatic rings. The summed E-state index contributed by atoms with van der Waals surface area (Å²) in [6.45, 7) is 8.27. The van der Waals surface area contributed by atoms with Crippen LogP contribution < -0.4 is 5.32 Å². The van der Waals surface area contributed by atoms with Crippen molar-refractivity contribution in [1.29, 1.82) is 0 Å². The quantitative estimate of drug-likeness (QED) is 0.767. The Morgan fingerprint density at radius 3 is 2.47 bits per heavy atom. The van der Waals surface area contributed by atoms with Gasteiger partial charge in [-0.1, -0.05) is 40.0 Å². The predicted octanol–water partition coefficient (Wildman–Crippen LogP) is 3.13. The molecule has 4 atom stereocenters. The molecule has 0 bridgehead atoms. The van der Waals surface area contributed by atoms with Gasteiger partial charge >= 0.3 is 0 Å². The molecule has 4 unspecified atom stereocenters. The molecular formula is C15H32N2. The van der Waals surface area contributed by atoms with Crippen LogP contribution in [-0.2, 0) is 0 Å². The molecule has 0 saturated heterocycles. The molecule has 1 N–H and O–H groups in total. The number of nitrogens with zero attached hydrogens (tertiary/aromatic N) is 1. The minimum atomic E-state index is 0.638. The fourth-order valence-electron chi connectivity index (χ4n) is 3.24. The monoisotopic (exact) mass is 240 g/mol. The zero-order chi connectivity index (χ0) is 12.8. The maximum absolute atomic E-state index is 3.50. The highest BCUT2D eigenvalue weighted by atomic mass is 15.2. The predicted molar refractivity (Wildman–Crippen MR) is 76.4 cm³/mol. The summed E-state index contributed by atoms with van der Waals surface area (Å²) in [7, 11) is 4.42. The molecule has 102 valence electrons. The highest BCUT2D eigenvalue weighted by Crippen LogP contribution is 2.27. The number of rotatable bonds is 6. The van der Waals surface area contributed by atoms with Gasteiger partial charge in [0.05, 0.1) is 0 Å². The Hall–Kier alpha value is -0.0800. The Morgan fingerprint density at radius 2 is 1.94 bits per heavy atom. The van der Waals surface area contributed by atoms with Gasteiger partial charge in [0.1, 0.15) is 0 Å². The molecule has 0 aromatic carbocycles. The van der Waals surface area contributed by atoms with Gasteiger partial charge in [-0.05, 0) is 38.8 Å². The summed E-state index contributed by atoms with van der Waals surface area (Å²) in [6.07, 6.45) is 6.94. The van der Waals surface area contributed by atoms with Crippen LogP contribution in [0.25, 0.3) is 0 Å². The van der Waals surface area contributed by atoms with Crippen LogP contribution in [0.3, 0.4) is 0 Å². The molecule has 0 heterocycles. The molecule has 0 aliphatic heterocycles. The minimum absolute atomic E-state index is 0.638. The maximum Gasteiger partial charge on any atom is 0.0217 e. The summed E-state index contributed by atoms with van der Waals surface area (Å²) >= 11 is 0. The Morgan fingerprint density at radius 1 is 1.29 bits per heavy atom. The molecular weight excluding hydrogens is 208 g/mol. The second-order valence-electron chi connectivity index (χ2n) is 6.05. The van der Waals surface area contributed by atoms with E-state index in [0.29, 0.717) is 6.04 Å². The Bertz CT molecular complexity index is 205. The van der Waals surface area contributed by atoms with Gasteiger partial charge in [0.15, 0.2) is 0 Å². The van der Waals surface area contributed by atoms with Crippen molar-refractivity contribution < 1.29 is 0 Å². The van der Waals surface area contributed by atoms with E-state index in [0.717, 1.165) is 17.9 Å². The Kier molecular flexibility index (Phi) is 6.50. The van der Waals surface area contributed by atoms with Crippen LogP contribution in [-0.4, -0.2) is 37.6 Å². The minimum Gasteiger partial charge on any atom is -0.315 e. The lowest BCUT2D eigenvalue weighted by Crippen LogP contribution is -2.48. The molecule has 0 aromatic rings. The van der Waals surface area contributed by atoms with E-state index >= 15 is 0 Å². The molecule has 2 nitrogen and oxygen atoms in total. The third-order valence-corrected chi connectivity index (χ3v) is 4.82. The van der Waals surface area contributed by atoms with Crippen LogP contribution in [0.1, 0.15) is 52.9 Å². The first-order valence-corrected chi connectivity index (χ1v) is 7.47. The number of likely N-dealkylation sites (N-methyl/N-ethyl adjacent to an activating group) is 2. The highest BCUT2D eigenvalue weighted by molar-refractivity contribution is 4.83. The summed E-state index contributed by atoms with van der Waals surface area (Å²) in [5.74, 6) is 1.64. The lowest BCUT2D eigenvalue weighted by molar-refractivity contribution is 0.119. The van der Waals surface area contributed by atoms with Crippen LogP contribution >= 0.6 is 0 Å². The molecule has 0 aromatic heterocycles. The van der Waals surface area contributed by atoms with E-state index in [1.54, 1.807) is 0 Å². The molecule has 1 fully saturated rings. The van der Waals surface area contributed by atoms with Crippen molar-refractivity contribution in [2.75, 3.05) is 20.6 Å². The standard InChI is InChI=1S/C15H32N2/c1-6-12(2)14(16-4)11-17(5)15-10-8-7-9-13(15)3/h12-16H,6-11H2,1-5H3. The molecule has 0 amide bonds. The molecule has 2 heteroatoms. The van der Waals surface area contributed by atoms with E-state index in [4.69, 9.17) is 0 Å². The van der Waals surface area contributed by atoms with Crippen molar-refractivity contribution in [1.82, 2.24) is 10.2 Å². The number of hydrogen-bond donors (Lipinski definition) is 1. The van der Waals surface area contributed by atoms with Crippen molar-refractivity contribution in [3.05, 3.63) is 0 Å².